The Morgan fingerprint density at radius 2 is 2.20 bits per heavy atom. The van der Waals surface area contributed by atoms with E-state index in [1.165, 1.54) is 18.2 Å². The predicted octanol–water partition coefficient (Wildman–Crippen LogP) is 1.59. The molecule has 1 amide bonds. The molecule has 106 valence electrons. The predicted molar refractivity (Wildman–Crippen MR) is 69.3 cm³/mol. The average Bonchev–Trinajstić information content (AvgIpc) is 2.41. The van der Waals surface area contributed by atoms with Gasteiger partial charge in [0.25, 0.3) is 5.91 Å². The molecule has 7 heteroatoms. The molecule has 5 nitrogen and oxygen atoms in total. The molecule has 0 unspecified atom stereocenters. The summed E-state index contributed by atoms with van der Waals surface area (Å²) in [6, 6.07) is 5.92. The first-order valence-electron chi connectivity index (χ1n) is 5.76. The lowest BCUT2D eigenvalue weighted by Crippen LogP contribution is -2.29. The highest BCUT2D eigenvalue weighted by molar-refractivity contribution is 6.31. The molecule has 20 heavy (non-hydrogen) atoms. The Labute approximate surface area is 120 Å². The Morgan fingerprint density at radius 3 is 2.85 bits per heavy atom. The highest BCUT2D eigenvalue weighted by Crippen LogP contribution is 2.19. The molecule has 0 aliphatic carbocycles. The summed E-state index contributed by atoms with van der Waals surface area (Å²) in [5.41, 5.74) is 0.0315. The molecular formula is C13H12ClFN2O3. The van der Waals surface area contributed by atoms with Crippen LogP contribution in [-0.2, 0) is 20.7 Å². The van der Waals surface area contributed by atoms with Crippen molar-refractivity contribution in [1.82, 2.24) is 5.32 Å². The van der Waals surface area contributed by atoms with Crippen LogP contribution in [-0.4, -0.2) is 25.0 Å². The van der Waals surface area contributed by atoms with Crippen molar-refractivity contribution in [1.29, 1.82) is 5.26 Å². The van der Waals surface area contributed by atoms with Crippen LogP contribution >= 0.6 is 11.6 Å². The summed E-state index contributed by atoms with van der Waals surface area (Å²) >= 11 is 5.76. The third-order valence-corrected chi connectivity index (χ3v) is 2.66. The van der Waals surface area contributed by atoms with Crippen molar-refractivity contribution < 1.29 is 18.7 Å². The number of amides is 1. The SMILES string of the molecule is N#CCCNC(=O)COC(=O)Cc1c(F)cccc1Cl. The Kier molecular flexibility index (Phi) is 6.47. The van der Waals surface area contributed by atoms with Crippen LogP contribution in [0.4, 0.5) is 4.39 Å². The number of hydrogen-bond acceptors (Lipinski definition) is 4. The second-order valence-electron chi connectivity index (χ2n) is 3.80. The molecule has 0 atom stereocenters. The minimum Gasteiger partial charge on any atom is -0.455 e. The van der Waals surface area contributed by atoms with E-state index in [-0.39, 0.29) is 30.0 Å². The number of carbonyl (C=O) groups is 2. The number of hydrogen-bond donors (Lipinski definition) is 1. The number of carbonyl (C=O) groups excluding carboxylic acids is 2. The zero-order valence-corrected chi connectivity index (χ0v) is 11.2. The van der Waals surface area contributed by atoms with Crippen molar-refractivity contribution in [2.75, 3.05) is 13.2 Å². The van der Waals surface area contributed by atoms with Gasteiger partial charge in [-0.05, 0) is 12.1 Å². The fourth-order valence-corrected chi connectivity index (χ4v) is 1.58. The van der Waals surface area contributed by atoms with Crippen LogP contribution in [0.25, 0.3) is 0 Å². The molecule has 0 heterocycles. The first-order valence-corrected chi connectivity index (χ1v) is 6.14. The number of nitriles is 1. The van der Waals surface area contributed by atoms with Gasteiger partial charge >= 0.3 is 5.97 Å². The number of ether oxygens (including phenoxy) is 1. The Morgan fingerprint density at radius 1 is 1.45 bits per heavy atom. The van der Waals surface area contributed by atoms with Gasteiger partial charge in [0, 0.05) is 17.1 Å². The number of nitrogens with zero attached hydrogens (tertiary/aromatic N) is 1. The van der Waals surface area contributed by atoms with E-state index in [4.69, 9.17) is 16.9 Å². The van der Waals surface area contributed by atoms with E-state index < -0.39 is 24.3 Å². The van der Waals surface area contributed by atoms with Gasteiger partial charge in [-0.25, -0.2) is 4.39 Å². The fraction of sp³-hybridized carbons (Fsp3) is 0.308. The summed E-state index contributed by atoms with van der Waals surface area (Å²) in [5, 5.41) is 10.8. The minimum absolute atomic E-state index is 0.0315. The lowest BCUT2D eigenvalue weighted by Gasteiger charge is -2.07. The molecule has 0 saturated carbocycles. The van der Waals surface area contributed by atoms with Crippen molar-refractivity contribution in [2.45, 2.75) is 12.8 Å². The maximum Gasteiger partial charge on any atom is 0.310 e. The van der Waals surface area contributed by atoms with Gasteiger partial charge in [-0.1, -0.05) is 17.7 Å². The van der Waals surface area contributed by atoms with Gasteiger partial charge in [0.15, 0.2) is 6.61 Å². The lowest BCUT2D eigenvalue weighted by molar-refractivity contribution is -0.147. The molecule has 0 bridgehead atoms. The van der Waals surface area contributed by atoms with Crippen molar-refractivity contribution in [2.24, 2.45) is 0 Å². The summed E-state index contributed by atoms with van der Waals surface area (Å²) in [7, 11) is 0. The fourth-order valence-electron chi connectivity index (χ4n) is 1.35. The molecule has 0 spiro atoms. The second-order valence-corrected chi connectivity index (χ2v) is 4.20. The zero-order chi connectivity index (χ0) is 15.0. The van der Waals surface area contributed by atoms with E-state index in [1.54, 1.807) is 0 Å². The Balaban J connectivity index is 2.41. The molecule has 1 aromatic carbocycles. The number of rotatable bonds is 6. The van der Waals surface area contributed by atoms with Gasteiger partial charge in [0.2, 0.25) is 0 Å². The smallest absolute Gasteiger partial charge is 0.310 e. The van der Waals surface area contributed by atoms with Crippen LogP contribution in [0, 0.1) is 17.1 Å². The Bertz CT molecular complexity index is 523. The van der Waals surface area contributed by atoms with Crippen molar-refractivity contribution in [3.63, 3.8) is 0 Å². The van der Waals surface area contributed by atoms with Gasteiger partial charge in [-0.3, -0.25) is 9.59 Å². The number of esters is 1. The van der Waals surface area contributed by atoms with E-state index in [2.05, 4.69) is 10.1 Å². The summed E-state index contributed by atoms with van der Waals surface area (Å²) in [6.45, 7) is -0.289. The lowest BCUT2D eigenvalue weighted by atomic mass is 10.1. The molecule has 1 N–H and O–H groups in total. The molecular weight excluding hydrogens is 287 g/mol. The molecule has 0 aliphatic heterocycles. The second kappa shape index (κ2) is 8.12. The first-order chi connectivity index (χ1) is 9.54. The monoisotopic (exact) mass is 298 g/mol. The highest BCUT2D eigenvalue weighted by atomic mass is 35.5. The summed E-state index contributed by atoms with van der Waals surface area (Å²) in [4.78, 5) is 22.7. The third kappa shape index (κ3) is 5.24. The number of benzene rings is 1. The Hall–Kier alpha value is -2.13. The third-order valence-electron chi connectivity index (χ3n) is 2.31. The molecule has 0 fully saturated rings. The minimum atomic E-state index is -0.757. The normalized spacial score (nSPS) is 9.65. The van der Waals surface area contributed by atoms with Crippen molar-refractivity contribution in [3.8, 4) is 6.07 Å². The quantitative estimate of drug-likeness (QED) is 0.639. The highest BCUT2D eigenvalue weighted by Gasteiger charge is 2.14. The van der Waals surface area contributed by atoms with Gasteiger partial charge in [-0.15, -0.1) is 0 Å². The molecule has 1 rings (SSSR count). The van der Waals surface area contributed by atoms with Crippen molar-refractivity contribution >= 4 is 23.5 Å². The molecule has 0 saturated heterocycles. The van der Waals surface area contributed by atoms with Gasteiger partial charge in [0.05, 0.1) is 18.9 Å². The van der Waals surface area contributed by atoms with Crippen LogP contribution in [0.3, 0.4) is 0 Å². The molecule has 0 aromatic heterocycles. The zero-order valence-electron chi connectivity index (χ0n) is 10.5. The molecule has 1 aromatic rings. The maximum atomic E-state index is 13.4. The van der Waals surface area contributed by atoms with Crippen LogP contribution in [0.15, 0.2) is 18.2 Å². The van der Waals surface area contributed by atoms with Crippen LogP contribution in [0.1, 0.15) is 12.0 Å². The van der Waals surface area contributed by atoms with E-state index in [1.807, 2.05) is 6.07 Å². The van der Waals surface area contributed by atoms with Gasteiger partial charge in [-0.2, -0.15) is 5.26 Å². The van der Waals surface area contributed by atoms with Gasteiger partial charge < -0.3 is 10.1 Å². The summed E-state index contributed by atoms with van der Waals surface area (Å²) in [6.07, 6.45) is -0.179. The van der Waals surface area contributed by atoms with Gasteiger partial charge in [0.1, 0.15) is 5.82 Å². The average molecular weight is 299 g/mol. The number of halogens is 2. The van der Waals surface area contributed by atoms with E-state index in [0.29, 0.717) is 0 Å². The van der Waals surface area contributed by atoms with Crippen molar-refractivity contribution in [3.05, 3.63) is 34.6 Å². The summed E-state index contributed by atoms with van der Waals surface area (Å²) < 4.78 is 18.1. The topological polar surface area (TPSA) is 79.2 Å². The maximum absolute atomic E-state index is 13.4. The van der Waals surface area contributed by atoms with E-state index >= 15 is 0 Å². The standard InChI is InChI=1S/C13H12ClFN2O3/c14-10-3-1-4-11(15)9(10)7-13(19)20-8-12(18)17-6-2-5-16/h1,3-4H,2,6-8H2,(H,17,18). The summed E-state index contributed by atoms with van der Waals surface area (Å²) in [5.74, 6) is -1.88. The molecule has 0 radical (unpaired) electrons. The van der Waals surface area contributed by atoms with E-state index in [0.717, 1.165) is 0 Å². The van der Waals surface area contributed by atoms with Crippen LogP contribution < -0.4 is 5.32 Å². The number of nitrogens with one attached hydrogen (secondary N) is 1. The first kappa shape index (κ1) is 15.9. The largest absolute Gasteiger partial charge is 0.455 e. The van der Waals surface area contributed by atoms with Crippen LogP contribution in [0.2, 0.25) is 5.02 Å². The van der Waals surface area contributed by atoms with Crippen LogP contribution in [0.5, 0.6) is 0 Å². The van der Waals surface area contributed by atoms with E-state index in [9.17, 15) is 14.0 Å². The molecule has 0 aliphatic rings.